The van der Waals surface area contributed by atoms with Crippen LogP contribution < -0.4 is 5.43 Å². The van der Waals surface area contributed by atoms with Crippen molar-refractivity contribution in [3.63, 3.8) is 0 Å². The molecule has 2 rings (SSSR count). The van der Waals surface area contributed by atoms with E-state index in [4.69, 9.17) is 0 Å². The second kappa shape index (κ2) is 5.92. The topological polar surface area (TPSA) is 74.6 Å². The molecule has 20 heavy (non-hydrogen) atoms. The summed E-state index contributed by atoms with van der Waals surface area (Å²) in [6.45, 7) is 1.60. The number of benzene rings is 1. The molecule has 0 radical (unpaired) electrons. The Labute approximate surface area is 114 Å². The van der Waals surface area contributed by atoms with Crippen LogP contribution >= 0.6 is 0 Å². The molecule has 1 aromatic heterocycles. The van der Waals surface area contributed by atoms with E-state index in [2.05, 4.69) is 15.5 Å². The number of phenols is 1. The molecule has 2 N–H and O–H groups in total. The summed E-state index contributed by atoms with van der Waals surface area (Å²) < 4.78 is 12.9. The third kappa shape index (κ3) is 3.17. The van der Waals surface area contributed by atoms with Gasteiger partial charge >= 0.3 is 0 Å². The summed E-state index contributed by atoms with van der Waals surface area (Å²) in [5, 5.41) is 13.5. The zero-order valence-corrected chi connectivity index (χ0v) is 10.7. The van der Waals surface area contributed by atoms with Crippen molar-refractivity contribution in [2.24, 2.45) is 5.10 Å². The first-order valence-electron chi connectivity index (χ1n) is 5.81. The maximum atomic E-state index is 12.9. The number of hydrogen-bond acceptors (Lipinski definition) is 4. The lowest BCUT2D eigenvalue weighted by molar-refractivity contribution is 0.0954. The first-order valence-corrected chi connectivity index (χ1v) is 5.81. The van der Waals surface area contributed by atoms with Crippen LogP contribution in [0.3, 0.4) is 0 Å². The van der Waals surface area contributed by atoms with E-state index in [0.717, 1.165) is 6.07 Å². The second-order valence-electron chi connectivity index (χ2n) is 4.04. The van der Waals surface area contributed by atoms with Gasteiger partial charge in [0.2, 0.25) is 0 Å². The van der Waals surface area contributed by atoms with Gasteiger partial charge in [-0.3, -0.25) is 9.78 Å². The highest BCUT2D eigenvalue weighted by Gasteiger charge is 2.07. The molecule has 102 valence electrons. The third-order valence-electron chi connectivity index (χ3n) is 2.62. The summed E-state index contributed by atoms with van der Waals surface area (Å²) in [6.07, 6.45) is 2.99. The summed E-state index contributed by atoms with van der Waals surface area (Å²) in [5.74, 6) is -1.17. The lowest BCUT2D eigenvalue weighted by Crippen LogP contribution is -2.19. The molecule has 0 spiro atoms. The monoisotopic (exact) mass is 273 g/mol. The fourth-order valence-corrected chi connectivity index (χ4v) is 1.57. The Kier molecular flexibility index (Phi) is 4.05. The van der Waals surface area contributed by atoms with Crippen molar-refractivity contribution in [2.45, 2.75) is 6.92 Å². The van der Waals surface area contributed by atoms with Gasteiger partial charge < -0.3 is 5.11 Å². The van der Waals surface area contributed by atoms with Gasteiger partial charge in [0.15, 0.2) is 0 Å². The average molecular weight is 273 g/mol. The normalized spacial score (nSPS) is 11.2. The van der Waals surface area contributed by atoms with Crippen LogP contribution in [0.2, 0.25) is 0 Å². The van der Waals surface area contributed by atoms with Crippen molar-refractivity contribution < 1.29 is 14.3 Å². The number of carbonyl (C=O) groups excluding carboxylic acids is 1. The third-order valence-corrected chi connectivity index (χ3v) is 2.62. The number of nitrogens with zero attached hydrogens (tertiary/aromatic N) is 2. The molecule has 0 aliphatic rings. The summed E-state index contributed by atoms with van der Waals surface area (Å²) >= 11 is 0. The molecular weight excluding hydrogens is 261 g/mol. The van der Waals surface area contributed by atoms with Crippen LogP contribution in [0.25, 0.3) is 0 Å². The molecule has 0 bridgehead atoms. The lowest BCUT2D eigenvalue weighted by atomic mass is 10.1. The molecule has 1 amide bonds. The second-order valence-corrected chi connectivity index (χ2v) is 4.04. The molecule has 0 aliphatic heterocycles. The Morgan fingerprint density at radius 2 is 2.00 bits per heavy atom. The molecule has 0 unspecified atom stereocenters. The van der Waals surface area contributed by atoms with E-state index in [0.29, 0.717) is 16.8 Å². The van der Waals surface area contributed by atoms with Crippen LogP contribution in [0.15, 0.2) is 47.8 Å². The van der Waals surface area contributed by atoms with Crippen molar-refractivity contribution in [2.75, 3.05) is 0 Å². The molecule has 0 saturated heterocycles. The van der Waals surface area contributed by atoms with Gasteiger partial charge in [-0.2, -0.15) is 5.10 Å². The Hall–Kier alpha value is -2.76. The maximum absolute atomic E-state index is 12.9. The smallest absolute Gasteiger partial charge is 0.271 e. The van der Waals surface area contributed by atoms with Gasteiger partial charge in [0.05, 0.1) is 5.71 Å². The predicted octanol–water partition coefficient (Wildman–Crippen LogP) is 2.08. The number of aromatic hydroxyl groups is 1. The van der Waals surface area contributed by atoms with Crippen molar-refractivity contribution in [3.8, 4) is 5.75 Å². The number of nitrogens with one attached hydrogen (secondary N) is 1. The summed E-state index contributed by atoms with van der Waals surface area (Å²) in [6, 6.07) is 6.69. The number of rotatable bonds is 3. The van der Waals surface area contributed by atoms with E-state index < -0.39 is 11.7 Å². The molecule has 1 aromatic carbocycles. The van der Waals surface area contributed by atoms with E-state index in [1.807, 2.05) is 0 Å². The molecule has 0 fully saturated rings. The van der Waals surface area contributed by atoms with Crippen LogP contribution in [0.1, 0.15) is 22.8 Å². The maximum Gasteiger partial charge on any atom is 0.271 e. The fraction of sp³-hybridized carbons (Fsp3) is 0.0714. The number of hydrazone groups is 1. The van der Waals surface area contributed by atoms with Crippen LogP contribution in [-0.2, 0) is 0 Å². The molecule has 5 nitrogen and oxygen atoms in total. The standard InChI is InChI=1S/C14H12FN3O2/c1-9(12-3-2-11(15)8-13(12)19)17-18-14(20)10-4-6-16-7-5-10/h2-8,19H,1H3,(H,18,20)/b17-9+. The zero-order valence-electron chi connectivity index (χ0n) is 10.7. The average Bonchev–Trinajstić information content (AvgIpc) is 2.45. The summed E-state index contributed by atoms with van der Waals surface area (Å²) in [4.78, 5) is 15.6. The van der Waals surface area contributed by atoms with Crippen LogP contribution in [0.4, 0.5) is 4.39 Å². The van der Waals surface area contributed by atoms with Crippen LogP contribution in [0.5, 0.6) is 5.75 Å². The molecular formula is C14H12FN3O2. The molecule has 0 atom stereocenters. The Bertz CT molecular complexity index is 657. The largest absolute Gasteiger partial charge is 0.507 e. The Morgan fingerprint density at radius 3 is 2.65 bits per heavy atom. The van der Waals surface area contributed by atoms with Crippen molar-refractivity contribution in [3.05, 3.63) is 59.7 Å². The van der Waals surface area contributed by atoms with E-state index in [9.17, 15) is 14.3 Å². The van der Waals surface area contributed by atoms with Gasteiger partial charge in [-0.1, -0.05) is 0 Å². The molecule has 1 heterocycles. The lowest BCUT2D eigenvalue weighted by Gasteiger charge is -2.05. The van der Waals surface area contributed by atoms with E-state index in [-0.39, 0.29) is 5.75 Å². The van der Waals surface area contributed by atoms with E-state index in [1.54, 1.807) is 19.1 Å². The number of halogens is 1. The number of aromatic nitrogens is 1. The fourth-order valence-electron chi connectivity index (χ4n) is 1.57. The Morgan fingerprint density at radius 1 is 1.30 bits per heavy atom. The number of carbonyl (C=O) groups is 1. The number of hydrogen-bond donors (Lipinski definition) is 2. The number of phenolic OH excluding ortho intramolecular Hbond substituents is 1. The van der Waals surface area contributed by atoms with Crippen LogP contribution in [-0.4, -0.2) is 21.7 Å². The first kappa shape index (κ1) is 13.7. The van der Waals surface area contributed by atoms with E-state index >= 15 is 0 Å². The molecule has 2 aromatic rings. The van der Waals surface area contributed by atoms with Crippen molar-refractivity contribution >= 4 is 11.6 Å². The van der Waals surface area contributed by atoms with E-state index in [1.165, 1.54) is 24.5 Å². The van der Waals surface area contributed by atoms with Crippen LogP contribution in [0, 0.1) is 5.82 Å². The van der Waals surface area contributed by atoms with Gasteiger partial charge in [0.1, 0.15) is 11.6 Å². The Balaban J connectivity index is 2.13. The molecule has 0 aliphatic carbocycles. The first-order chi connectivity index (χ1) is 9.58. The van der Waals surface area contributed by atoms with Gasteiger partial charge in [-0.05, 0) is 31.2 Å². The van der Waals surface area contributed by atoms with Gasteiger partial charge in [0.25, 0.3) is 5.91 Å². The summed E-state index contributed by atoms with van der Waals surface area (Å²) in [7, 11) is 0. The molecule has 0 saturated carbocycles. The minimum atomic E-state index is -0.542. The highest BCUT2D eigenvalue weighted by atomic mass is 19.1. The van der Waals surface area contributed by atoms with Gasteiger partial charge in [-0.25, -0.2) is 9.82 Å². The summed E-state index contributed by atoms with van der Waals surface area (Å²) in [5.41, 5.74) is 3.49. The molecule has 6 heteroatoms. The number of pyridine rings is 1. The number of amides is 1. The SMILES string of the molecule is C/C(=N\NC(=O)c1ccncc1)c1ccc(F)cc1O. The van der Waals surface area contributed by atoms with Gasteiger partial charge in [-0.15, -0.1) is 0 Å². The zero-order chi connectivity index (χ0) is 14.5. The highest BCUT2D eigenvalue weighted by molar-refractivity contribution is 6.02. The predicted molar refractivity (Wildman–Crippen MR) is 72.0 cm³/mol. The van der Waals surface area contributed by atoms with Gasteiger partial charge in [0, 0.05) is 29.6 Å². The van der Waals surface area contributed by atoms with Crippen molar-refractivity contribution in [1.29, 1.82) is 0 Å². The minimum absolute atomic E-state index is 0.232. The minimum Gasteiger partial charge on any atom is -0.507 e. The van der Waals surface area contributed by atoms with Crippen molar-refractivity contribution in [1.82, 2.24) is 10.4 Å². The highest BCUT2D eigenvalue weighted by Crippen LogP contribution is 2.18. The quantitative estimate of drug-likeness (QED) is 0.664.